The van der Waals surface area contributed by atoms with E-state index < -0.39 is 5.97 Å². The molecule has 0 aromatic heterocycles. The van der Waals surface area contributed by atoms with E-state index >= 15 is 0 Å². The predicted molar refractivity (Wildman–Crippen MR) is 72.1 cm³/mol. The first kappa shape index (κ1) is 14.6. The molecule has 2 atom stereocenters. The van der Waals surface area contributed by atoms with E-state index in [1.165, 1.54) is 0 Å². The van der Waals surface area contributed by atoms with Gasteiger partial charge in [0.15, 0.2) is 6.29 Å². The lowest BCUT2D eigenvalue weighted by atomic mass is 10.1. The standard InChI is InChI=1S/C15H18O5/c1-2-13(17)18-9-3-4-10-19-15-14(20-15)11-5-7-12(16)8-6-11/h2,5-8,14-16H,1,3-4,9-10H2. The zero-order valence-corrected chi connectivity index (χ0v) is 11.2. The highest BCUT2D eigenvalue weighted by molar-refractivity contribution is 5.81. The first-order valence-corrected chi connectivity index (χ1v) is 6.56. The van der Waals surface area contributed by atoms with E-state index in [1.54, 1.807) is 12.1 Å². The third kappa shape index (κ3) is 4.36. The van der Waals surface area contributed by atoms with Crippen LogP contribution in [0, 0.1) is 0 Å². The molecule has 1 aliphatic rings. The number of aromatic hydroxyl groups is 1. The Morgan fingerprint density at radius 1 is 1.30 bits per heavy atom. The van der Waals surface area contributed by atoms with Crippen LogP contribution in [0.2, 0.25) is 0 Å². The van der Waals surface area contributed by atoms with Crippen molar-refractivity contribution in [1.29, 1.82) is 0 Å². The second-order valence-corrected chi connectivity index (χ2v) is 4.47. The second kappa shape index (κ2) is 7.07. The second-order valence-electron chi connectivity index (χ2n) is 4.47. The van der Waals surface area contributed by atoms with Crippen LogP contribution in [0.3, 0.4) is 0 Å². The first-order chi connectivity index (χ1) is 9.70. The lowest BCUT2D eigenvalue weighted by Gasteiger charge is -2.02. The van der Waals surface area contributed by atoms with Gasteiger partial charge in [-0.15, -0.1) is 0 Å². The van der Waals surface area contributed by atoms with Gasteiger partial charge in [0, 0.05) is 6.08 Å². The molecule has 1 heterocycles. The van der Waals surface area contributed by atoms with Gasteiger partial charge in [0.1, 0.15) is 11.9 Å². The third-order valence-electron chi connectivity index (χ3n) is 2.90. The maximum atomic E-state index is 10.8. The van der Waals surface area contributed by atoms with Crippen LogP contribution in [0.5, 0.6) is 5.75 Å². The fourth-order valence-corrected chi connectivity index (χ4v) is 1.76. The molecule has 108 valence electrons. The molecule has 20 heavy (non-hydrogen) atoms. The zero-order chi connectivity index (χ0) is 14.4. The predicted octanol–water partition coefficient (Wildman–Crippen LogP) is 2.32. The molecule has 0 amide bonds. The smallest absolute Gasteiger partial charge is 0.330 e. The lowest BCUT2D eigenvalue weighted by Crippen LogP contribution is -2.04. The van der Waals surface area contributed by atoms with Crippen LogP contribution in [0.4, 0.5) is 0 Å². The number of esters is 1. The molecule has 0 saturated carbocycles. The minimum Gasteiger partial charge on any atom is -0.508 e. The molecule has 5 nitrogen and oxygen atoms in total. The molecule has 1 fully saturated rings. The molecule has 1 aliphatic heterocycles. The normalized spacial score (nSPS) is 20.4. The minimum atomic E-state index is -0.399. The van der Waals surface area contributed by atoms with Crippen molar-refractivity contribution >= 4 is 5.97 Å². The van der Waals surface area contributed by atoms with Crippen molar-refractivity contribution in [3.8, 4) is 5.75 Å². The summed E-state index contributed by atoms with van der Waals surface area (Å²) in [6.07, 6.45) is 2.43. The third-order valence-corrected chi connectivity index (χ3v) is 2.90. The summed E-state index contributed by atoms with van der Waals surface area (Å²) in [5.41, 5.74) is 0.993. The molecule has 2 unspecified atom stereocenters. The molecular formula is C15H18O5. The van der Waals surface area contributed by atoms with Gasteiger partial charge in [-0.2, -0.15) is 0 Å². The van der Waals surface area contributed by atoms with Gasteiger partial charge in [-0.25, -0.2) is 4.79 Å². The molecule has 1 N–H and O–H groups in total. The van der Waals surface area contributed by atoms with E-state index in [2.05, 4.69) is 6.58 Å². The average molecular weight is 278 g/mol. The van der Waals surface area contributed by atoms with Crippen LogP contribution in [0.1, 0.15) is 24.5 Å². The van der Waals surface area contributed by atoms with Crippen LogP contribution in [-0.4, -0.2) is 30.6 Å². The Bertz CT molecular complexity index is 454. The summed E-state index contributed by atoms with van der Waals surface area (Å²) >= 11 is 0. The van der Waals surface area contributed by atoms with E-state index in [9.17, 15) is 9.90 Å². The van der Waals surface area contributed by atoms with Crippen molar-refractivity contribution in [2.45, 2.75) is 25.2 Å². The Balaban J connectivity index is 1.55. The first-order valence-electron chi connectivity index (χ1n) is 6.56. The number of carbonyl (C=O) groups excluding carboxylic acids is 1. The molecule has 0 bridgehead atoms. The largest absolute Gasteiger partial charge is 0.508 e. The summed E-state index contributed by atoms with van der Waals surface area (Å²) in [6, 6.07) is 6.89. The fourth-order valence-electron chi connectivity index (χ4n) is 1.76. The Hall–Kier alpha value is -1.85. The van der Waals surface area contributed by atoms with E-state index in [1.807, 2.05) is 12.1 Å². The molecule has 0 spiro atoms. The highest BCUT2D eigenvalue weighted by atomic mass is 16.8. The average Bonchev–Trinajstić information content (AvgIpc) is 3.22. The fraction of sp³-hybridized carbons (Fsp3) is 0.400. The molecule has 1 aromatic carbocycles. The van der Waals surface area contributed by atoms with Crippen molar-refractivity contribution < 1.29 is 24.1 Å². The van der Waals surface area contributed by atoms with Crippen LogP contribution < -0.4 is 0 Å². The highest BCUT2D eigenvalue weighted by Crippen LogP contribution is 2.39. The van der Waals surface area contributed by atoms with Crippen molar-refractivity contribution in [3.05, 3.63) is 42.5 Å². The number of benzene rings is 1. The van der Waals surface area contributed by atoms with Crippen LogP contribution in [0.25, 0.3) is 0 Å². The number of carbonyl (C=O) groups is 1. The Morgan fingerprint density at radius 2 is 2.00 bits per heavy atom. The maximum absolute atomic E-state index is 10.8. The Labute approximate surface area is 117 Å². The number of hydrogen-bond donors (Lipinski definition) is 1. The molecule has 0 radical (unpaired) electrons. The van der Waals surface area contributed by atoms with Crippen molar-refractivity contribution in [1.82, 2.24) is 0 Å². The van der Waals surface area contributed by atoms with Gasteiger partial charge >= 0.3 is 5.97 Å². The van der Waals surface area contributed by atoms with E-state index in [-0.39, 0.29) is 18.1 Å². The molecule has 0 aliphatic carbocycles. The molecule has 2 rings (SSSR count). The molecular weight excluding hydrogens is 260 g/mol. The van der Waals surface area contributed by atoms with Gasteiger partial charge in [-0.3, -0.25) is 0 Å². The van der Waals surface area contributed by atoms with Crippen LogP contribution >= 0.6 is 0 Å². The number of hydrogen-bond acceptors (Lipinski definition) is 5. The summed E-state index contributed by atoms with van der Waals surface area (Å²) in [5.74, 6) is -0.162. The number of phenolic OH excluding ortho intramolecular Hbond substituents is 1. The summed E-state index contributed by atoms with van der Waals surface area (Å²) in [6.45, 7) is 4.25. The summed E-state index contributed by atoms with van der Waals surface area (Å²) < 4.78 is 15.8. The maximum Gasteiger partial charge on any atom is 0.330 e. The number of epoxide rings is 1. The van der Waals surface area contributed by atoms with Gasteiger partial charge < -0.3 is 19.3 Å². The topological polar surface area (TPSA) is 68.3 Å². The Kier molecular flexibility index (Phi) is 5.15. The van der Waals surface area contributed by atoms with Crippen LogP contribution in [0.15, 0.2) is 36.9 Å². The molecule has 1 aromatic rings. The highest BCUT2D eigenvalue weighted by Gasteiger charge is 2.41. The van der Waals surface area contributed by atoms with Crippen LogP contribution in [-0.2, 0) is 19.0 Å². The lowest BCUT2D eigenvalue weighted by molar-refractivity contribution is -0.137. The van der Waals surface area contributed by atoms with Crippen molar-refractivity contribution in [3.63, 3.8) is 0 Å². The van der Waals surface area contributed by atoms with E-state index in [0.717, 1.165) is 24.5 Å². The van der Waals surface area contributed by atoms with E-state index in [4.69, 9.17) is 14.2 Å². The number of ether oxygens (including phenoxy) is 3. The quantitative estimate of drug-likeness (QED) is 0.342. The Morgan fingerprint density at radius 3 is 2.70 bits per heavy atom. The SMILES string of the molecule is C=CC(=O)OCCCCOC1OC1c1ccc(O)cc1. The summed E-state index contributed by atoms with van der Waals surface area (Å²) in [4.78, 5) is 10.8. The molecule has 5 heteroatoms. The monoisotopic (exact) mass is 278 g/mol. The number of rotatable bonds is 8. The van der Waals surface area contributed by atoms with Crippen molar-refractivity contribution in [2.24, 2.45) is 0 Å². The van der Waals surface area contributed by atoms with E-state index in [0.29, 0.717) is 13.2 Å². The zero-order valence-electron chi connectivity index (χ0n) is 11.2. The number of phenols is 1. The van der Waals surface area contributed by atoms with Crippen molar-refractivity contribution in [2.75, 3.05) is 13.2 Å². The summed E-state index contributed by atoms with van der Waals surface area (Å²) in [7, 11) is 0. The van der Waals surface area contributed by atoms with Gasteiger partial charge in [0.05, 0.1) is 13.2 Å². The number of unbranched alkanes of at least 4 members (excludes halogenated alkanes) is 1. The van der Waals surface area contributed by atoms with Gasteiger partial charge in [-0.05, 0) is 30.5 Å². The molecule has 1 saturated heterocycles. The summed E-state index contributed by atoms with van der Waals surface area (Å²) in [5, 5.41) is 9.19. The van der Waals surface area contributed by atoms with Gasteiger partial charge in [0.2, 0.25) is 0 Å². The van der Waals surface area contributed by atoms with Gasteiger partial charge in [0.25, 0.3) is 0 Å². The minimum absolute atomic E-state index is 0.0470. The van der Waals surface area contributed by atoms with Gasteiger partial charge in [-0.1, -0.05) is 18.7 Å².